The van der Waals surface area contributed by atoms with E-state index in [0.29, 0.717) is 17.3 Å². The summed E-state index contributed by atoms with van der Waals surface area (Å²) in [6.45, 7) is 1.62. The number of hydrogen-bond acceptors (Lipinski definition) is 5. The molecule has 0 aliphatic rings. The Bertz CT molecular complexity index is 1200. The lowest BCUT2D eigenvalue weighted by Gasteiger charge is -2.11. The normalized spacial score (nSPS) is 10.7. The van der Waals surface area contributed by atoms with Crippen LogP contribution in [-0.2, 0) is 0 Å². The van der Waals surface area contributed by atoms with Crippen LogP contribution in [0, 0.1) is 18.6 Å². The van der Waals surface area contributed by atoms with Crippen LogP contribution in [0.4, 0.5) is 26.0 Å². The smallest absolute Gasteiger partial charge is 0.274 e. The van der Waals surface area contributed by atoms with Crippen LogP contribution in [0.25, 0.3) is 10.9 Å². The van der Waals surface area contributed by atoms with E-state index >= 15 is 0 Å². The summed E-state index contributed by atoms with van der Waals surface area (Å²) in [6, 6.07) is 14.1. The summed E-state index contributed by atoms with van der Waals surface area (Å²) in [5.74, 6) is -1.82. The molecule has 2 heterocycles. The van der Waals surface area contributed by atoms with Crippen molar-refractivity contribution in [2.75, 3.05) is 10.6 Å². The van der Waals surface area contributed by atoms with Crippen molar-refractivity contribution in [3.63, 3.8) is 0 Å². The van der Waals surface area contributed by atoms with Crippen molar-refractivity contribution in [3.05, 3.63) is 83.9 Å². The first kappa shape index (κ1) is 18.4. The lowest BCUT2D eigenvalue weighted by molar-refractivity contribution is 0.102. The van der Waals surface area contributed by atoms with Gasteiger partial charge in [0.2, 0.25) is 0 Å². The average molecular weight is 391 g/mol. The fourth-order valence-corrected chi connectivity index (χ4v) is 2.89. The average Bonchev–Trinajstić information content (AvgIpc) is 2.70. The third-order valence-corrected chi connectivity index (χ3v) is 4.17. The minimum absolute atomic E-state index is 0.0316. The van der Waals surface area contributed by atoms with Crippen LogP contribution >= 0.6 is 0 Å². The van der Waals surface area contributed by atoms with Crippen LogP contribution in [0.2, 0.25) is 0 Å². The maximum atomic E-state index is 13.8. The van der Waals surface area contributed by atoms with E-state index in [1.807, 2.05) is 30.3 Å². The molecule has 29 heavy (non-hydrogen) atoms. The van der Waals surface area contributed by atoms with Gasteiger partial charge in [-0.05, 0) is 31.2 Å². The molecular weight excluding hydrogens is 376 g/mol. The summed E-state index contributed by atoms with van der Waals surface area (Å²) in [5, 5.41) is 6.29. The van der Waals surface area contributed by atoms with Crippen molar-refractivity contribution < 1.29 is 13.6 Å². The summed E-state index contributed by atoms with van der Waals surface area (Å²) < 4.78 is 27.6. The highest BCUT2D eigenvalue weighted by Gasteiger charge is 2.16. The van der Waals surface area contributed by atoms with Gasteiger partial charge in [0, 0.05) is 17.6 Å². The molecule has 8 heteroatoms. The lowest BCUT2D eigenvalue weighted by atomic mass is 10.2. The van der Waals surface area contributed by atoms with Gasteiger partial charge >= 0.3 is 0 Å². The molecule has 0 saturated heterocycles. The van der Waals surface area contributed by atoms with Gasteiger partial charge in [-0.3, -0.25) is 9.78 Å². The number of aromatic nitrogens is 3. The van der Waals surface area contributed by atoms with Crippen LogP contribution in [0.1, 0.15) is 16.3 Å². The summed E-state index contributed by atoms with van der Waals surface area (Å²) in [4.78, 5) is 25.2. The molecule has 0 aliphatic carbocycles. The summed E-state index contributed by atoms with van der Waals surface area (Å²) in [5.41, 5.74) is 0.885. The second kappa shape index (κ2) is 7.59. The third-order valence-electron chi connectivity index (χ3n) is 4.17. The van der Waals surface area contributed by atoms with Crippen molar-refractivity contribution in [2.45, 2.75) is 6.92 Å². The molecule has 0 bridgehead atoms. The molecule has 2 N–H and O–H groups in total. The van der Waals surface area contributed by atoms with Gasteiger partial charge in [-0.2, -0.15) is 0 Å². The molecule has 4 aromatic rings. The molecule has 0 radical (unpaired) electrons. The highest BCUT2D eigenvalue weighted by atomic mass is 19.1. The summed E-state index contributed by atoms with van der Waals surface area (Å²) in [6.07, 6.45) is 1.68. The van der Waals surface area contributed by atoms with E-state index in [-0.39, 0.29) is 5.69 Å². The van der Waals surface area contributed by atoms with Gasteiger partial charge in [0.25, 0.3) is 5.91 Å². The predicted octanol–water partition coefficient (Wildman–Crippen LogP) is 4.61. The van der Waals surface area contributed by atoms with Gasteiger partial charge in [0.1, 0.15) is 34.7 Å². The number of rotatable bonds is 4. The van der Waals surface area contributed by atoms with Crippen molar-refractivity contribution in [3.8, 4) is 0 Å². The van der Waals surface area contributed by atoms with E-state index in [4.69, 9.17) is 0 Å². The standard InChI is InChI=1S/C21H15F2N5O/c1-12-25-17(21(29)28-20-14(22)7-3-8-15(20)23)11-18(26-12)27-16-9-2-5-13-6-4-10-24-19(13)16/h2-11H,1H3,(H,28,29)(H,25,26,27). The van der Waals surface area contributed by atoms with Crippen LogP contribution in [0.3, 0.4) is 0 Å². The Hall–Kier alpha value is -3.94. The van der Waals surface area contributed by atoms with Gasteiger partial charge in [-0.15, -0.1) is 0 Å². The number of amides is 1. The maximum Gasteiger partial charge on any atom is 0.274 e. The Labute approximate surface area is 164 Å². The van der Waals surface area contributed by atoms with E-state index in [2.05, 4.69) is 25.6 Å². The minimum atomic E-state index is -0.871. The number of carbonyl (C=O) groups excluding carboxylic acids is 1. The number of benzene rings is 2. The zero-order valence-corrected chi connectivity index (χ0v) is 15.3. The molecular formula is C21H15F2N5O. The number of nitrogens with zero attached hydrogens (tertiary/aromatic N) is 3. The zero-order valence-electron chi connectivity index (χ0n) is 15.3. The number of para-hydroxylation sites is 2. The van der Waals surface area contributed by atoms with Crippen molar-refractivity contribution in [1.29, 1.82) is 0 Å². The third kappa shape index (κ3) is 3.86. The van der Waals surface area contributed by atoms with E-state index in [1.165, 1.54) is 12.1 Å². The monoisotopic (exact) mass is 391 g/mol. The molecule has 4 rings (SSSR count). The van der Waals surface area contributed by atoms with Gasteiger partial charge in [0.05, 0.1) is 11.2 Å². The molecule has 2 aromatic carbocycles. The Kier molecular flexibility index (Phi) is 4.82. The number of anilines is 3. The van der Waals surface area contributed by atoms with Gasteiger partial charge in [-0.1, -0.05) is 24.3 Å². The summed E-state index contributed by atoms with van der Waals surface area (Å²) in [7, 11) is 0. The number of fused-ring (bicyclic) bond motifs is 1. The van der Waals surface area contributed by atoms with E-state index < -0.39 is 23.2 Å². The van der Waals surface area contributed by atoms with Gasteiger partial charge in [-0.25, -0.2) is 18.7 Å². The Morgan fingerprint density at radius 2 is 1.69 bits per heavy atom. The highest BCUT2D eigenvalue weighted by molar-refractivity contribution is 6.03. The fraction of sp³-hybridized carbons (Fsp3) is 0.0476. The van der Waals surface area contributed by atoms with Crippen LogP contribution in [0.5, 0.6) is 0 Å². The molecule has 0 atom stereocenters. The van der Waals surface area contributed by atoms with Crippen molar-refractivity contribution >= 4 is 34.0 Å². The molecule has 0 aliphatic heterocycles. The Morgan fingerprint density at radius 1 is 0.966 bits per heavy atom. The Balaban J connectivity index is 1.65. The molecule has 0 spiro atoms. The second-order valence-corrected chi connectivity index (χ2v) is 6.24. The summed E-state index contributed by atoms with van der Waals surface area (Å²) >= 11 is 0. The molecule has 6 nitrogen and oxygen atoms in total. The number of hydrogen-bond donors (Lipinski definition) is 2. The van der Waals surface area contributed by atoms with E-state index in [9.17, 15) is 13.6 Å². The zero-order chi connectivity index (χ0) is 20.4. The Morgan fingerprint density at radius 3 is 2.48 bits per heavy atom. The second-order valence-electron chi connectivity index (χ2n) is 6.24. The van der Waals surface area contributed by atoms with Gasteiger partial charge in [0.15, 0.2) is 0 Å². The molecule has 144 valence electrons. The molecule has 0 fully saturated rings. The molecule has 2 aromatic heterocycles. The molecule has 1 amide bonds. The van der Waals surface area contributed by atoms with Gasteiger partial charge < -0.3 is 10.6 Å². The van der Waals surface area contributed by atoms with Crippen molar-refractivity contribution in [2.24, 2.45) is 0 Å². The van der Waals surface area contributed by atoms with E-state index in [0.717, 1.165) is 23.0 Å². The SMILES string of the molecule is Cc1nc(Nc2cccc3cccnc23)cc(C(=O)Nc2c(F)cccc2F)n1. The largest absolute Gasteiger partial charge is 0.338 e. The first-order valence-corrected chi connectivity index (χ1v) is 8.73. The maximum absolute atomic E-state index is 13.8. The van der Waals surface area contributed by atoms with Crippen LogP contribution in [0.15, 0.2) is 60.8 Å². The van der Waals surface area contributed by atoms with Crippen molar-refractivity contribution in [1.82, 2.24) is 15.0 Å². The highest BCUT2D eigenvalue weighted by Crippen LogP contribution is 2.24. The number of halogens is 2. The first-order chi connectivity index (χ1) is 14.0. The molecule has 0 unspecified atom stereocenters. The fourth-order valence-electron chi connectivity index (χ4n) is 2.89. The quantitative estimate of drug-likeness (QED) is 0.531. The minimum Gasteiger partial charge on any atom is -0.338 e. The first-order valence-electron chi connectivity index (χ1n) is 8.73. The number of carbonyl (C=O) groups is 1. The van der Waals surface area contributed by atoms with Crippen LogP contribution < -0.4 is 10.6 Å². The number of aryl methyl sites for hydroxylation is 1. The number of nitrogens with one attached hydrogen (secondary N) is 2. The lowest BCUT2D eigenvalue weighted by Crippen LogP contribution is -2.17. The molecule has 0 saturated carbocycles. The predicted molar refractivity (Wildman–Crippen MR) is 106 cm³/mol. The van der Waals surface area contributed by atoms with E-state index in [1.54, 1.807) is 13.1 Å². The van der Waals surface area contributed by atoms with Crippen LogP contribution in [-0.4, -0.2) is 20.9 Å². The number of pyridine rings is 1. The topological polar surface area (TPSA) is 79.8 Å².